The van der Waals surface area contributed by atoms with Crippen molar-refractivity contribution < 1.29 is 24.5 Å². The zero-order chi connectivity index (χ0) is 50.7. The van der Waals surface area contributed by atoms with Gasteiger partial charge in [0.25, 0.3) is 0 Å². The molecule has 0 saturated carbocycles. The summed E-state index contributed by atoms with van der Waals surface area (Å²) in [4.78, 5) is 24.6. The van der Waals surface area contributed by atoms with E-state index in [1.54, 1.807) is 6.08 Å². The molecule has 0 aliphatic carbocycles. The fourth-order valence-corrected chi connectivity index (χ4v) is 9.31. The fraction of sp³-hybridized carbons (Fsp3) is 0.844. The van der Waals surface area contributed by atoms with Crippen LogP contribution in [0.2, 0.25) is 0 Å². The SMILES string of the molecule is CCCCCC/C=C\C/C=C\CCCCCCCCCC(=O)OCCCCCC/C=C\CCCCCCCCCC(=O)NC(CO)C(O)/C=C/CCCCCCCCCCCCCCCCCCCC. The topological polar surface area (TPSA) is 95.9 Å². The van der Waals surface area contributed by atoms with Crippen molar-refractivity contribution in [2.24, 2.45) is 0 Å². The number of unbranched alkanes of at least 4 members (excludes halogenated alkanes) is 40. The summed E-state index contributed by atoms with van der Waals surface area (Å²) in [6, 6.07) is -0.641. The highest BCUT2D eigenvalue weighted by Gasteiger charge is 2.18. The second-order valence-electron chi connectivity index (χ2n) is 21.0. The van der Waals surface area contributed by atoms with Crippen LogP contribution in [0.3, 0.4) is 0 Å². The quantitative estimate of drug-likeness (QED) is 0.0321. The van der Waals surface area contributed by atoms with Gasteiger partial charge in [0.15, 0.2) is 0 Å². The summed E-state index contributed by atoms with van der Waals surface area (Å²) in [6.45, 7) is 4.86. The average Bonchev–Trinajstić information content (AvgIpc) is 3.36. The Morgan fingerprint density at radius 3 is 1.11 bits per heavy atom. The molecule has 3 N–H and O–H groups in total. The van der Waals surface area contributed by atoms with Crippen LogP contribution >= 0.6 is 0 Å². The van der Waals surface area contributed by atoms with Crippen LogP contribution in [0.5, 0.6) is 0 Å². The van der Waals surface area contributed by atoms with E-state index in [0.29, 0.717) is 19.4 Å². The summed E-state index contributed by atoms with van der Waals surface area (Å²) in [5, 5.41) is 23.2. The molecule has 0 aliphatic heterocycles. The van der Waals surface area contributed by atoms with Crippen molar-refractivity contribution in [2.45, 2.75) is 334 Å². The van der Waals surface area contributed by atoms with Crippen LogP contribution in [-0.4, -0.2) is 47.4 Å². The smallest absolute Gasteiger partial charge is 0.305 e. The van der Waals surface area contributed by atoms with Crippen molar-refractivity contribution in [3.05, 3.63) is 48.6 Å². The van der Waals surface area contributed by atoms with Crippen molar-refractivity contribution in [1.29, 1.82) is 0 Å². The van der Waals surface area contributed by atoms with E-state index < -0.39 is 12.1 Å². The van der Waals surface area contributed by atoms with Crippen LogP contribution in [0.4, 0.5) is 0 Å². The standard InChI is InChI=1S/C64H119NO5/c1-3-5-7-9-11-13-15-17-19-21-23-24-25-28-32-36-40-44-48-52-56-62(67)61(60-66)65-63(68)57-53-49-45-41-37-33-29-27-31-35-39-43-47-51-55-59-70-64(69)58-54-50-46-42-38-34-30-26-22-20-18-16-14-12-10-8-6-4-2/h14,16,20,22,31,35,52,56,61-62,66-67H,3-13,15,17-19,21,23-30,32-34,36-51,53-55,57-60H2,1-2H3,(H,65,68)/b16-14-,22-20-,35-31-,56-52+. The van der Waals surface area contributed by atoms with Crippen molar-refractivity contribution >= 4 is 11.9 Å². The van der Waals surface area contributed by atoms with Gasteiger partial charge in [-0.25, -0.2) is 0 Å². The number of hydrogen-bond donors (Lipinski definition) is 3. The molecule has 0 aliphatic rings. The van der Waals surface area contributed by atoms with Crippen LogP contribution in [0.15, 0.2) is 48.6 Å². The number of esters is 1. The molecule has 1 amide bonds. The van der Waals surface area contributed by atoms with Crippen LogP contribution in [0.25, 0.3) is 0 Å². The fourth-order valence-electron chi connectivity index (χ4n) is 9.31. The molecule has 0 aromatic heterocycles. The summed E-state index contributed by atoms with van der Waals surface area (Å²) in [5.41, 5.74) is 0. The third kappa shape index (κ3) is 55.1. The van der Waals surface area contributed by atoms with Gasteiger partial charge in [-0.3, -0.25) is 9.59 Å². The molecule has 0 fully saturated rings. The van der Waals surface area contributed by atoms with Crippen LogP contribution in [-0.2, 0) is 14.3 Å². The Balaban J connectivity index is 3.50. The molecule has 0 aromatic rings. The number of aliphatic hydroxyl groups excluding tert-OH is 2. The Hall–Kier alpha value is -2.18. The molecule has 410 valence electrons. The molecule has 0 aromatic carbocycles. The second-order valence-corrected chi connectivity index (χ2v) is 21.0. The van der Waals surface area contributed by atoms with Crippen LogP contribution < -0.4 is 5.32 Å². The number of hydrogen-bond acceptors (Lipinski definition) is 5. The number of carbonyl (C=O) groups excluding carboxylic acids is 2. The van der Waals surface area contributed by atoms with Gasteiger partial charge in [0.2, 0.25) is 5.91 Å². The normalized spacial score (nSPS) is 12.9. The lowest BCUT2D eigenvalue weighted by Crippen LogP contribution is -2.45. The van der Waals surface area contributed by atoms with E-state index in [4.69, 9.17) is 4.74 Å². The lowest BCUT2D eigenvalue weighted by Gasteiger charge is -2.20. The summed E-state index contributed by atoms with van der Waals surface area (Å²) in [5.74, 6) is -0.101. The Morgan fingerprint density at radius 1 is 0.400 bits per heavy atom. The number of nitrogens with one attached hydrogen (secondary N) is 1. The van der Waals surface area contributed by atoms with Gasteiger partial charge in [-0.05, 0) is 89.9 Å². The predicted molar refractivity (Wildman–Crippen MR) is 306 cm³/mol. The number of carbonyl (C=O) groups is 2. The Kier molecular flexibility index (Phi) is 57.5. The largest absolute Gasteiger partial charge is 0.466 e. The average molecular weight is 983 g/mol. The highest BCUT2D eigenvalue weighted by molar-refractivity contribution is 5.76. The maximum atomic E-state index is 12.5. The lowest BCUT2D eigenvalue weighted by molar-refractivity contribution is -0.143. The molecular formula is C64H119NO5. The van der Waals surface area contributed by atoms with E-state index >= 15 is 0 Å². The van der Waals surface area contributed by atoms with Crippen LogP contribution in [0, 0.1) is 0 Å². The van der Waals surface area contributed by atoms with Gasteiger partial charge in [0, 0.05) is 12.8 Å². The van der Waals surface area contributed by atoms with Gasteiger partial charge in [-0.2, -0.15) is 0 Å². The summed E-state index contributed by atoms with van der Waals surface area (Å²) < 4.78 is 5.47. The van der Waals surface area contributed by atoms with Crippen molar-refractivity contribution in [3.63, 3.8) is 0 Å². The zero-order valence-corrected chi connectivity index (χ0v) is 46.7. The van der Waals surface area contributed by atoms with Gasteiger partial charge in [0.1, 0.15) is 0 Å². The Bertz CT molecular complexity index is 1180. The van der Waals surface area contributed by atoms with E-state index in [1.807, 2.05) is 6.08 Å². The van der Waals surface area contributed by atoms with Crippen molar-refractivity contribution in [1.82, 2.24) is 5.32 Å². The molecule has 0 bridgehead atoms. The van der Waals surface area contributed by atoms with Gasteiger partial charge in [-0.15, -0.1) is 0 Å². The highest BCUT2D eigenvalue weighted by atomic mass is 16.5. The molecule has 0 saturated heterocycles. The van der Waals surface area contributed by atoms with Crippen molar-refractivity contribution in [2.75, 3.05) is 13.2 Å². The minimum Gasteiger partial charge on any atom is -0.466 e. The van der Waals surface area contributed by atoms with Crippen molar-refractivity contribution in [3.8, 4) is 0 Å². The number of amides is 1. The van der Waals surface area contributed by atoms with E-state index in [9.17, 15) is 19.8 Å². The van der Waals surface area contributed by atoms with Crippen LogP contribution in [0.1, 0.15) is 322 Å². The number of aliphatic hydroxyl groups is 2. The summed E-state index contributed by atoms with van der Waals surface area (Å²) in [7, 11) is 0. The Labute approximate surface area is 436 Å². The third-order valence-corrected chi connectivity index (χ3v) is 14.1. The first-order valence-electron chi connectivity index (χ1n) is 30.9. The number of ether oxygens (including phenoxy) is 1. The maximum Gasteiger partial charge on any atom is 0.305 e. The van der Waals surface area contributed by atoms with Gasteiger partial charge in [0.05, 0.1) is 25.4 Å². The summed E-state index contributed by atoms with van der Waals surface area (Å²) in [6.07, 6.45) is 75.7. The molecule has 0 spiro atoms. The van der Waals surface area contributed by atoms with E-state index in [-0.39, 0.29) is 18.5 Å². The number of rotatable bonds is 57. The second kappa shape index (κ2) is 59.4. The van der Waals surface area contributed by atoms with E-state index in [0.717, 1.165) is 77.0 Å². The molecular weight excluding hydrogens is 863 g/mol. The molecule has 2 unspecified atom stereocenters. The first kappa shape index (κ1) is 67.8. The maximum absolute atomic E-state index is 12.5. The monoisotopic (exact) mass is 982 g/mol. The number of allylic oxidation sites excluding steroid dienone is 7. The molecule has 70 heavy (non-hydrogen) atoms. The first-order valence-corrected chi connectivity index (χ1v) is 30.9. The third-order valence-electron chi connectivity index (χ3n) is 14.1. The Morgan fingerprint density at radius 2 is 0.714 bits per heavy atom. The highest BCUT2D eigenvalue weighted by Crippen LogP contribution is 2.17. The van der Waals surface area contributed by atoms with Gasteiger partial charge >= 0.3 is 5.97 Å². The minimum atomic E-state index is -0.857. The molecule has 6 heteroatoms. The molecule has 0 radical (unpaired) electrons. The first-order chi connectivity index (χ1) is 34.5. The van der Waals surface area contributed by atoms with Gasteiger partial charge < -0.3 is 20.3 Å². The van der Waals surface area contributed by atoms with E-state index in [1.165, 1.54) is 218 Å². The van der Waals surface area contributed by atoms with E-state index in [2.05, 4.69) is 55.6 Å². The van der Waals surface area contributed by atoms with Gasteiger partial charge in [-0.1, -0.05) is 268 Å². The lowest BCUT2D eigenvalue weighted by atomic mass is 10.0. The minimum absolute atomic E-state index is 0.0186. The molecule has 0 rings (SSSR count). The molecule has 6 nitrogen and oxygen atoms in total. The summed E-state index contributed by atoms with van der Waals surface area (Å²) >= 11 is 0. The zero-order valence-electron chi connectivity index (χ0n) is 46.7. The molecule has 2 atom stereocenters. The predicted octanol–water partition coefficient (Wildman–Crippen LogP) is 19.4. The molecule has 0 heterocycles.